The summed E-state index contributed by atoms with van der Waals surface area (Å²) in [5.41, 5.74) is -0.178. The zero-order valence-electron chi connectivity index (χ0n) is 11.2. The van der Waals surface area contributed by atoms with Crippen molar-refractivity contribution in [1.82, 2.24) is 15.5 Å². The fourth-order valence-corrected chi connectivity index (χ4v) is 3.93. The summed E-state index contributed by atoms with van der Waals surface area (Å²) < 4.78 is 0. The van der Waals surface area contributed by atoms with Gasteiger partial charge >= 0.3 is 0 Å². The number of nitrogens with one attached hydrogen (secondary N) is 2. The molecule has 0 aromatic heterocycles. The molecule has 2 saturated heterocycles. The molecule has 2 heterocycles. The van der Waals surface area contributed by atoms with Gasteiger partial charge < -0.3 is 10.6 Å². The predicted molar refractivity (Wildman–Crippen MR) is 71.1 cm³/mol. The summed E-state index contributed by atoms with van der Waals surface area (Å²) in [5.74, 6) is 1.10. The maximum Gasteiger partial charge on any atom is 0.241 e. The fourth-order valence-electron chi connectivity index (χ4n) is 3.93. The molecular formula is C14H25N3O. The zero-order valence-corrected chi connectivity index (χ0v) is 11.2. The summed E-state index contributed by atoms with van der Waals surface area (Å²) in [4.78, 5) is 14.7. The van der Waals surface area contributed by atoms with E-state index in [1.807, 2.05) is 0 Å². The van der Waals surface area contributed by atoms with E-state index >= 15 is 0 Å². The van der Waals surface area contributed by atoms with Crippen LogP contribution >= 0.6 is 0 Å². The number of piperidine rings is 1. The second kappa shape index (κ2) is 5.17. The van der Waals surface area contributed by atoms with E-state index in [0.29, 0.717) is 0 Å². The number of hydrogen-bond acceptors (Lipinski definition) is 3. The van der Waals surface area contributed by atoms with Crippen LogP contribution in [-0.4, -0.2) is 42.6 Å². The highest BCUT2D eigenvalue weighted by Crippen LogP contribution is 2.33. The average molecular weight is 251 g/mol. The summed E-state index contributed by atoms with van der Waals surface area (Å²) in [6.45, 7) is 3.86. The van der Waals surface area contributed by atoms with Crippen molar-refractivity contribution in [2.45, 2.75) is 50.5 Å². The number of nitrogens with zero attached hydrogens (tertiary/aromatic N) is 1. The number of amides is 1. The molecule has 1 spiro atoms. The lowest BCUT2D eigenvalue weighted by Gasteiger charge is -2.40. The molecule has 1 amide bonds. The van der Waals surface area contributed by atoms with Crippen LogP contribution < -0.4 is 10.6 Å². The Labute approximate surface area is 109 Å². The molecular weight excluding hydrogens is 226 g/mol. The Morgan fingerprint density at radius 2 is 1.89 bits per heavy atom. The van der Waals surface area contributed by atoms with E-state index in [0.717, 1.165) is 45.1 Å². The number of hydrogen-bond donors (Lipinski definition) is 2. The van der Waals surface area contributed by atoms with E-state index in [1.54, 1.807) is 0 Å². The van der Waals surface area contributed by atoms with Crippen molar-refractivity contribution in [3.63, 3.8) is 0 Å². The normalized spacial score (nSPS) is 29.7. The van der Waals surface area contributed by atoms with E-state index in [9.17, 15) is 4.79 Å². The Kier molecular flexibility index (Phi) is 3.57. The highest BCUT2D eigenvalue weighted by Gasteiger charge is 2.49. The minimum atomic E-state index is -0.178. The molecule has 102 valence electrons. The second-order valence-corrected chi connectivity index (χ2v) is 6.17. The first-order valence-corrected chi connectivity index (χ1v) is 7.55. The Bertz CT molecular complexity index is 306. The van der Waals surface area contributed by atoms with Gasteiger partial charge in [-0.2, -0.15) is 0 Å². The minimum absolute atomic E-state index is 0.178. The van der Waals surface area contributed by atoms with Gasteiger partial charge in [0.25, 0.3) is 0 Å². The van der Waals surface area contributed by atoms with Crippen molar-refractivity contribution >= 4 is 5.91 Å². The third kappa shape index (κ3) is 2.16. The summed E-state index contributed by atoms with van der Waals surface area (Å²) >= 11 is 0. The molecule has 18 heavy (non-hydrogen) atoms. The Balaban J connectivity index is 1.68. The first-order valence-electron chi connectivity index (χ1n) is 7.55. The van der Waals surface area contributed by atoms with Crippen LogP contribution in [0.5, 0.6) is 0 Å². The van der Waals surface area contributed by atoms with Crippen molar-refractivity contribution in [3.8, 4) is 0 Å². The van der Waals surface area contributed by atoms with Gasteiger partial charge in [0.05, 0.1) is 6.67 Å². The van der Waals surface area contributed by atoms with E-state index in [4.69, 9.17) is 0 Å². The Hall–Kier alpha value is -0.610. The SMILES string of the molecule is O=C1NCN(CC2CCCCC2)C12CCNCC2. The largest absolute Gasteiger partial charge is 0.342 e. The molecule has 0 aromatic carbocycles. The van der Waals surface area contributed by atoms with E-state index < -0.39 is 0 Å². The molecule has 2 aliphatic heterocycles. The molecule has 1 aliphatic carbocycles. The molecule has 0 radical (unpaired) electrons. The van der Waals surface area contributed by atoms with E-state index in [-0.39, 0.29) is 11.4 Å². The molecule has 0 bridgehead atoms. The number of carbonyl (C=O) groups is 1. The van der Waals surface area contributed by atoms with Gasteiger partial charge in [-0.05, 0) is 44.7 Å². The number of rotatable bonds is 2. The summed E-state index contributed by atoms with van der Waals surface area (Å²) in [6.07, 6.45) is 8.85. The molecule has 0 unspecified atom stereocenters. The van der Waals surface area contributed by atoms with Crippen molar-refractivity contribution in [2.75, 3.05) is 26.3 Å². The first-order chi connectivity index (χ1) is 8.81. The summed E-state index contributed by atoms with van der Waals surface area (Å²) in [7, 11) is 0. The maximum absolute atomic E-state index is 12.2. The standard InChI is InChI=1S/C14H25N3O/c18-13-14(6-8-15-9-7-14)17(11-16-13)10-12-4-2-1-3-5-12/h12,15H,1-11H2,(H,16,18). The highest BCUT2D eigenvalue weighted by atomic mass is 16.2. The van der Waals surface area contributed by atoms with Gasteiger partial charge in [0.1, 0.15) is 5.54 Å². The predicted octanol–water partition coefficient (Wildman–Crippen LogP) is 1.08. The van der Waals surface area contributed by atoms with Crippen LogP contribution in [0, 0.1) is 5.92 Å². The van der Waals surface area contributed by atoms with E-state index in [2.05, 4.69) is 15.5 Å². The van der Waals surface area contributed by atoms with Crippen LogP contribution in [-0.2, 0) is 4.79 Å². The Morgan fingerprint density at radius 1 is 1.17 bits per heavy atom. The van der Waals surface area contributed by atoms with Gasteiger partial charge in [-0.1, -0.05) is 19.3 Å². The van der Waals surface area contributed by atoms with Crippen molar-refractivity contribution < 1.29 is 4.79 Å². The van der Waals surface area contributed by atoms with Gasteiger partial charge in [-0.3, -0.25) is 9.69 Å². The molecule has 4 heteroatoms. The molecule has 3 rings (SSSR count). The van der Waals surface area contributed by atoms with Crippen LogP contribution in [0.3, 0.4) is 0 Å². The number of carbonyl (C=O) groups excluding carboxylic acids is 1. The van der Waals surface area contributed by atoms with Gasteiger partial charge in [-0.15, -0.1) is 0 Å². The maximum atomic E-state index is 12.2. The van der Waals surface area contributed by atoms with Crippen LogP contribution in [0.25, 0.3) is 0 Å². The smallest absolute Gasteiger partial charge is 0.241 e. The van der Waals surface area contributed by atoms with Crippen molar-refractivity contribution in [2.24, 2.45) is 5.92 Å². The van der Waals surface area contributed by atoms with E-state index in [1.165, 1.54) is 32.1 Å². The average Bonchev–Trinajstić information content (AvgIpc) is 2.70. The lowest BCUT2D eigenvalue weighted by atomic mass is 9.84. The van der Waals surface area contributed by atoms with Gasteiger partial charge in [0.2, 0.25) is 5.91 Å². The van der Waals surface area contributed by atoms with Gasteiger partial charge in [-0.25, -0.2) is 0 Å². The topological polar surface area (TPSA) is 44.4 Å². The monoisotopic (exact) mass is 251 g/mol. The molecule has 0 aromatic rings. The van der Waals surface area contributed by atoms with Crippen molar-refractivity contribution in [1.29, 1.82) is 0 Å². The molecule has 0 atom stereocenters. The molecule has 2 N–H and O–H groups in total. The third-order valence-electron chi connectivity index (χ3n) is 5.09. The van der Waals surface area contributed by atoms with Crippen LogP contribution in [0.15, 0.2) is 0 Å². The minimum Gasteiger partial charge on any atom is -0.342 e. The molecule has 3 fully saturated rings. The zero-order chi connectivity index (χ0) is 12.4. The fraction of sp³-hybridized carbons (Fsp3) is 0.929. The summed E-state index contributed by atoms with van der Waals surface area (Å²) in [6, 6.07) is 0. The second-order valence-electron chi connectivity index (χ2n) is 6.17. The van der Waals surface area contributed by atoms with Crippen LogP contribution in [0.2, 0.25) is 0 Å². The molecule has 4 nitrogen and oxygen atoms in total. The summed E-state index contributed by atoms with van der Waals surface area (Å²) in [5, 5.41) is 6.45. The quantitative estimate of drug-likeness (QED) is 0.772. The molecule has 1 saturated carbocycles. The molecule has 3 aliphatic rings. The van der Waals surface area contributed by atoms with Crippen LogP contribution in [0.4, 0.5) is 0 Å². The van der Waals surface area contributed by atoms with Crippen LogP contribution in [0.1, 0.15) is 44.9 Å². The third-order valence-corrected chi connectivity index (χ3v) is 5.09. The first kappa shape index (κ1) is 12.4. The van der Waals surface area contributed by atoms with Crippen molar-refractivity contribution in [3.05, 3.63) is 0 Å². The lowest BCUT2D eigenvalue weighted by Crippen LogP contribution is -2.56. The lowest BCUT2D eigenvalue weighted by molar-refractivity contribution is -0.128. The van der Waals surface area contributed by atoms with Gasteiger partial charge in [0, 0.05) is 6.54 Å². The highest BCUT2D eigenvalue weighted by molar-refractivity contribution is 5.88. The van der Waals surface area contributed by atoms with Gasteiger partial charge in [0.15, 0.2) is 0 Å². The Morgan fingerprint density at radius 3 is 2.61 bits per heavy atom.